The highest BCUT2D eigenvalue weighted by Gasteiger charge is 2.08. The van der Waals surface area contributed by atoms with Gasteiger partial charge in [0.05, 0.1) is 11.0 Å². The number of fused-ring (bicyclic) bond motifs is 1. The Morgan fingerprint density at radius 3 is 2.62 bits per heavy atom. The maximum atomic E-state index is 12.0. The van der Waals surface area contributed by atoms with Gasteiger partial charge in [-0.05, 0) is 17.9 Å². The molecule has 0 fully saturated rings. The Morgan fingerprint density at radius 2 is 1.94 bits per heavy atom. The Morgan fingerprint density at radius 1 is 1.25 bits per heavy atom. The molecule has 0 spiro atoms. The number of thioether (sulfide) groups is 1. The van der Waals surface area contributed by atoms with E-state index in [-0.39, 0.29) is 5.69 Å². The number of rotatable bonds is 4. The van der Waals surface area contributed by atoms with E-state index in [1.165, 1.54) is 0 Å². The highest BCUT2D eigenvalue weighted by atomic mass is 32.2. The summed E-state index contributed by atoms with van der Waals surface area (Å²) >= 11 is 1.86. The molecule has 86 valence electrons. The summed E-state index contributed by atoms with van der Waals surface area (Å²) in [5.74, 6) is 2.09. The molecule has 0 radical (unpaired) electrons. The van der Waals surface area contributed by atoms with Gasteiger partial charge in [-0.3, -0.25) is 9.13 Å². The summed E-state index contributed by atoms with van der Waals surface area (Å²) in [7, 11) is 1.83. The Labute approximate surface area is 99.1 Å². The molecule has 1 heterocycles. The molecule has 0 amide bonds. The molecule has 0 saturated carbocycles. The van der Waals surface area contributed by atoms with Crippen LogP contribution in [0.1, 0.15) is 6.92 Å². The second-order valence-electron chi connectivity index (χ2n) is 3.68. The minimum Gasteiger partial charge on any atom is -0.295 e. The Bertz CT molecular complexity index is 541. The van der Waals surface area contributed by atoms with Gasteiger partial charge in [-0.15, -0.1) is 0 Å². The molecule has 0 N–H and O–H groups in total. The van der Waals surface area contributed by atoms with E-state index in [9.17, 15) is 4.79 Å². The largest absolute Gasteiger partial charge is 0.328 e. The van der Waals surface area contributed by atoms with Crippen molar-refractivity contribution < 1.29 is 0 Å². The van der Waals surface area contributed by atoms with E-state index < -0.39 is 0 Å². The van der Waals surface area contributed by atoms with Gasteiger partial charge in [-0.2, -0.15) is 11.8 Å². The minimum absolute atomic E-state index is 0.0814. The number of nitrogens with zero attached hydrogens (tertiary/aromatic N) is 2. The second kappa shape index (κ2) is 4.78. The molecule has 3 nitrogen and oxygen atoms in total. The molecule has 2 rings (SSSR count). The van der Waals surface area contributed by atoms with Gasteiger partial charge in [0.1, 0.15) is 0 Å². The summed E-state index contributed by atoms with van der Waals surface area (Å²) in [5, 5.41) is 0. The van der Waals surface area contributed by atoms with Gasteiger partial charge in [0.2, 0.25) is 0 Å². The van der Waals surface area contributed by atoms with Crippen molar-refractivity contribution in [3.05, 3.63) is 34.7 Å². The van der Waals surface area contributed by atoms with Crippen molar-refractivity contribution in [2.24, 2.45) is 7.05 Å². The first kappa shape index (κ1) is 11.3. The summed E-state index contributed by atoms with van der Waals surface area (Å²) in [6.07, 6.45) is 0. The smallest absolute Gasteiger partial charge is 0.295 e. The quantitative estimate of drug-likeness (QED) is 0.760. The van der Waals surface area contributed by atoms with Crippen LogP contribution < -0.4 is 5.69 Å². The predicted molar refractivity (Wildman–Crippen MR) is 70.2 cm³/mol. The van der Waals surface area contributed by atoms with E-state index in [1.807, 2.05) is 47.6 Å². The van der Waals surface area contributed by atoms with Crippen molar-refractivity contribution in [2.45, 2.75) is 13.5 Å². The first-order valence-corrected chi connectivity index (χ1v) is 6.63. The lowest BCUT2D eigenvalue weighted by molar-refractivity contribution is 0.718. The Hall–Kier alpha value is -1.16. The lowest BCUT2D eigenvalue weighted by Crippen LogP contribution is -2.23. The molecule has 0 atom stereocenters. The Kier molecular flexibility index (Phi) is 3.39. The molecule has 16 heavy (non-hydrogen) atoms. The van der Waals surface area contributed by atoms with Crippen molar-refractivity contribution in [3.8, 4) is 0 Å². The minimum atomic E-state index is 0.0814. The summed E-state index contributed by atoms with van der Waals surface area (Å²) in [5.41, 5.74) is 2.12. The summed E-state index contributed by atoms with van der Waals surface area (Å²) in [6, 6.07) is 7.94. The number of aromatic nitrogens is 2. The normalized spacial score (nSPS) is 11.1. The van der Waals surface area contributed by atoms with Crippen LogP contribution in [0, 0.1) is 0 Å². The van der Waals surface area contributed by atoms with Crippen LogP contribution in [0.4, 0.5) is 0 Å². The number of para-hydroxylation sites is 2. The predicted octanol–water partition coefficient (Wildman–Crippen LogP) is 2.09. The number of aryl methyl sites for hydroxylation is 2. The molecular formula is C12H16N2OS. The molecule has 2 aromatic rings. The number of hydrogen-bond acceptors (Lipinski definition) is 2. The number of imidazole rings is 1. The van der Waals surface area contributed by atoms with Crippen LogP contribution in [0.5, 0.6) is 0 Å². The highest BCUT2D eigenvalue weighted by molar-refractivity contribution is 7.99. The van der Waals surface area contributed by atoms with E-state index in [4.69, 9.17) is 0 Å². The zero-order valence-corrected chi connectivity index (χ0v) is 10.5. The van der Waals surface area contributed by atoms with Gasteiger partial charge in [0, 0.05) is 19.3 Å². The third kappa shape index (κ3) is 1.89. The van der Waals surface area contributed by atoms with Crippen LogP contribution in [0.3, 0.4) is 0 Å². The van der Waals surface area contributed by atoms with Crippen molar-refractivity contribution in [2.75, 3.05) is 11.5 Å². The average Bonchev–Trinajstić information content (AvgIpc) is 2.55. The molecule has 0 aliphatic rings. The molecule has 0 saturated heterocycles. The van der Waals surface area contributed by atoms with Crippen LogP contribution in [-0.2, 0) is 13.6 Å². The standard InChI is InChI=1S/C12H16N2OS/c1-3-16-9-8-14-11-7-5-4-6-10(11)13(2)12(14)15/h4-7H,3,8-9H2,1-2H3. The van der Waals surface area contributed by atoms with Crippen LogP contribution in [-0.4, -0.2) is 20.6 Å². The molecular weight excluding hydrogens is 220 g/mol. The van der Waals surface area contributed by atoms with Gasteiger partial charge >= 0.3 is 5.69 Å². The van der Waals surface area contributed by atoms with Crippen molar-refractivity contribution in [1.29, 1.82) is 0 Å². The SMILES string of the molecule is CCSCCn1c(=O)n(C)c2ccccc21. The highest BCUT2D eigenvalue weighted by Crippen LogP contribution is 2.12. The number of hydrogen-bond donors (Lipinski definition) is 0. The average molecular weight is 236 g/mol. The van der Waals surface area contributed by atoms with Crippen molar-refractivity contribution >= 4 is 22.8 Å². The molecule has 0 unspecified atom stereocenters. The third-order valence-electron chi connectivity index (χ3n) is 2.72. The van der Waals surface area contributed by atoms with Gasteiger partial charge in [0.25, 0.3) is 0 Å². The summed E-state index contributed by atoms with van der Waals surface area (Å²) in [4.78, 5) is 12.0. The Balaban J connectivity index is 2.43. The molecule has 1 aromatic carbocycles. The van der Waals surface area contributed by atoms with Gasteiger partial charge in [-0.25, -0.2) is 4.79 Å². The fourth-order valence-electron chi connectivity index (χ4n) is 1.88. The molecule has 1 aromatic heterocycles. The first-order chi connectivity index (χ1) is 7.75. The van der Waals surface area contributed by atoms with E-state index in [1.54, 1.807) is 4.57 Å². The monoisotopic (exact) mass is 236 g/mol. The molecule has 0 bridgehead atoms. The zero-order chi connectivity index (χ0) is 11.5. The summed E-state index contributed by atoms with van der Waals surface area (Å²) in [6.45, 7) is 2.93. The maximum absolute atomic E-state index is 12.0. The van der Waals surface area contributed by atoms with Crippen LogP contribution in [0.25, 0.3) is 11.0 Å². The molecule has 0 aliphatic carbocycles. The van der Waals surface area contributed by atoms with Gasteiger partial charge in [0.15, 0.2) is 0 Å². The van der Waals surface area contributed by atoms with Crippen LogP contribution in [0.15, 0.2) is 29.1 Å². The van der Waals surface area contributed by atoms with Gasteiger partial charge < -0.3 is 0 Å². The topological polar surface area (TPSA) is 26.9 Å². The second-order valence-corrected chi connectivity index (χ2v) is 5.07. The first-order valence-electron chi connectivity index (χ1n) is 5.47. The van der Waals surface area contributed by atoms with E-state index in [0.29, 0.717) is 0 Å². The lowest BCUT2D eigenvalue weighted by atomic mass is 10.3. The maximum Gasteiger partial charge on any atom is 0.328 e. The summed E-state index contributed by atoms with van der Waals surface area (Å²) < 4.78 is 3.57. The van der Waals surface area contributed by atoms with Crippen molar-refractivity contribution in [3.63, 3.8) is 0 Å². The fourth-order valence-corrected chi connectivity index (χ4v) is 2.48. The van der Waals surface area contributed by atoms with E-state index >= 15 is 0 Å². The van der Waals surface area contributed by atoms with Crippen molar-refractivity contribution in [1.82, 2.24) is 9.13 Å². The fraction of sp³-hybridized carbons (Fsp3) is 0.417. The lowest BCUT2D eigenvalue weighted by Gasteiger charge is -2.01. The molecule has 4 heteroatoms. The van der Waals surface area contributed by atoms with E-state index in [2.05, 4.69) is 6.92 Å². The third-order valence-corrected chi connectivity index (χ3v) is 3.59. The van der Waals surface area contributed by atoms with E-state index in [0.717, 1.165) is 29.1 Å². The molecule has 0 aliphatic heterocycles. The zero-order valence-electron chi connectivity index (χ0n) is 9.64. The number of benzene rings is 1. The van der Waals surface area contributed by atoms with Gasteiger partial charge in [-0.1, -0.05) is 19.1 Å². The van der Waals surface area contributed by atoms with Crippen LogP contribution >= 0.6 is 11.8 Å². The van der Waals surface area contributed by atoms with Crippen LogP contribution in [0.2, 0.25) is 0 Å².